The summed E-state index contributed by atoms with van der Waals surface area (Å²) in [6.07, 6.45) is 22.0. The van der Waals surface area contributed by atoms with Gasteiger partial charge in [0, 0.05) is 13.2 Å². The zero-order chi connectivity index (χ0) is 72.4. The maximum absolute atomic E-state index is 6.32. The number of hydrogen-bond acceptors (Lipinski definition) is 11. The van der Waals surface area contributed by atoms with Gasteiger partial charge < -0.3 is 52.1 Å². The van der Waals surface area contributed by atoms with Crippen molar-refractivity contribution >= 4 is 0 Å². The Kier molecular flexibility index (Phi) is 56.6. The molecule has 8 aliphatic rings. The zero-order valence-electron chi connectivity index (χ0n) is 65.8. The summed E-state index contributed by atoms with van der Waals surface area (Å²) in [5.41, 5.74) is 8.59. The highest BCUT2D eigenvalue weighted by atomic mass is 16.7. The first-order valence-corrected chi connectivity index (χ1v) is 39.4. The Hall–Kier alpha value is -5.30. The summed E-state index contributed by atoms with van der Waals surface area (Å²) in [5, 5.41) is 0. The summed E-state index contributed by atoms with van der Waals surface area (Å²) in [5.74, 6) is 14.4. The fraction of sp³-hybridized carbons (Fsp3) is 0.697. The molecule has 13 rings (SSSR count). The van der Waals surface area contributed by atoms with Crippen molar-refractivity contribution in [2.45, 2.75) is 362 Å². The molecule has 11 heteroatoms. The Morgan fingerprint density at radius 1 is 0.355 bits per heavy atom. The summed E-state index contributed by atoms with van der Waals surface area (Å²) in [4.78, 5) is 0. The molecule has 8 atom stereocenters. The van der Waals surface area contributed by atoms with Gasteiger partial charge in [0.2, 0.25) is 0 Å². The second-order valence-corrected chi connectivity index (χ2v) is 31.4. The second kappa shape index (κ2) is 56.0. The molecule has 0 N–H and O–H groups in total. The van der Waals surface area contributed by atoms with Crippen molar-refractivity contribution < 1.29 is 52.1 Å². The molecule has 11 nitrogen and oxygen atoms in total. The Morgan fingerprint density at radius 3 is 1.05 bits per heavy atom. The third kappa shape index (κ3) is 34.8. The minimum absolute atomic E-state index is 0. The van der Waals surface area contributed by atoms with Crippen molar-refractivity contribution in [1.82, 2.24) is 0 Å². The molecule has 8 bridgehead atoms. The lowest BCUT2D eigenvalue weighted by Gasteiger charge is -2.56. The number of ether oxygens (including phenoxy) is 11. The molecule has 8 unspecified atom stereocenters. The van der Waals surface area contributed by atoms with Gasteiger partial charge in [-0.05, 0) is 315 Å². The third-order valence-corrected chi connectivity index (χ3v) is 22.7. The molecule has 5 aromatic rings. The third-order valence-electron chi connectivity index (χ3n) is 22.7. The van der Waals surface area contributed by atoms with Crippen LogP contribution in [-0.4, -0.2) is 71.6 Å². The van der Waals surface area contributed by atoms with Crippen LogP contribution in [0.5, 0.6) is 34.5 Å². The van der Waals surface area contributed by atoms with Crippen LogP contribution in [0.25, 0.3) is 0 Å². The fourth-order valence-corrected chi connectivity index (χ4v) is 16.8. The van der Waals surface area contributed by atoms with E-state index >= 15 is 0 Å². The Labute approximate surface area is 681 Å². The fourth-order valence-electron chi connectivity index (χ4n) is 16.8. The van der Waals surface area contributed by atoms with Crippen molar-refractivity contribution in [2.75, 3.05) is 47.1 Å². The van der Waals surface area contributed by atoms with Gasteiger partial charge in [-0.15, -0.1) is 0 Å². The molecule has 0 spiro atoms. The van der Waals surface area contributed by atoms with Gasteiger partial charge in [-0.2, -0.15) is 0 Å². The van der Waals surface area contributed by atoms with Gasteiger partial charge in [-0.3, -0.25) is 0 Å². The highest BCUT2D eigenvalue weighted by Crippen LogP contribution is 2.60. The molecule has 8 fully saturated rings. The average molecular weight is 1540 g/mol. The van der Waals surface area contributed by atoms with Crippen molar-refractivity contribution in [3.05, 3.63) is 143 Å². The quantitative estimate of drug-likeness (QED) is 0.0296. The molecule has 0 saturated heterocycles. The average Bonchev–Trinajstić information content (AvgIpc) is 0.758. The van der Waals surface area contributed by atoms with E-state index in [-0.39, 0.29) is 98.7 Å². The van der Waals surface area contributed by atoms with Gasteiger partial charge >= 0.3 is 0 Å². The van der Waals surface area contributed by atoms with Crippen LogP contribution in [0.3, 0.4) is 0 Å². The largest absolute Gasteiger partial charge is 0.493 e. The summed E-state index contributed by atoms with van der Waals surface area (Å²) < 4.78 is 62.9. The number of benzene rings is 5. The molecule has 0 aliphatic heterocycles. The summed E-state index contributed by atoms with van der Waals surface area (Å²) in [6.45, 7) is 42.0. The first-order valence-electron chi connectivity index (χ1n) is 39.4. The number of aryl methyl sites for hydroxylation is 1. The van der Waals surface area contributed by atoms with Gasteiger partial charge in [0.15, 0.2) is 44.0 Å². The van der Waals surface area contributed by atoms with Gasteiger partial charge in [0.1, 0.15) is 23.0 Å². The Balaban J connectivity index is -0.000000629. The van der Waals surface area contributed by atoms with Crippen molar-refractivity contribution in [1.29, 1.82) is 0 Å². The van der Waals surface area contributed by atoms with E-state index in [1.54, 1.807) is 7.11 Å². The first-order chi connectivity index (χ1) is 48.0. The molecule has 5 aromatic carbocycles. The minimum atomic E-state index is -0.265. The normalized spacial score (nSPS) is 22.1. The minimum Gasteiger partial charge on any atom is -0.493 e. The lowest BCUT2D eigenvalue weighted by atomic mass is 9.50. The maximum Gasteiger partial charge on any atom is 0.197 e. The van der Waals surface area contributed by atoms with E-state index in [2.05, 4.69) is 169 Å². The molecular formula is C99H176O11. The molecular weight excluding hydrogens is 1370 g/mol. The standard InChI is InChI=1S/C22H32O2.C21H30O2.C16H26O2.C15H24O3.C15H24O2.10CH4/c1-3-16(2)20-4-6-21(7-5-20)24-15-23-14-22-11-17-8-18(12-22)10-19(9-17)13-22;1-3-15(2)19-4-6-20(7-5-19)22-14-23-21-11-16-8-17(12-21)10-18(9-16)13-21;1-6-13(4)15-7-9-16(10-8-15)18-14(5)17-11-12(2)3;1-6-11(3)13-8-9-14(15(10-13)16-5)18-12(4)17-7-2;1-6-11(3)14-8-9-15(12(4)10-14)17-13(5)16-7-2;;;;;;;;;;/h4-7,16-19H,3,8-15H2,1-2H3;4-7,15-18H,3,8-14H2,1-2H3;7-10,12-14H,6,11H2,1-5H3;8-12H,6-7H2,1-5H3;8-11,13H,6-7H2,1-5H3;10*1H4. The van der Waals surface area contributed by atoms with Crippen molar-refractivity contribution in [2.24, 2.45) is 46.8 Å². The topological polar surface area (TPSA) is 102 Å². The lowest BCUT2D eigenvalue weighted by Crippen LogP contribution is -2.52. The van der Waals surface area contributed by atoms with E-state index in [4.69, 9.17) is 52.1 Å². The highest BCUT2D eigenvalue weighted by Gasteiger charge is 2.52. The van der Waals surface area contributed by atoms with Gasteiger partial charge in [-0.1, -0.05) is 212 Å². The van der Waals surface area contributed by atoms with Crippen LogP contribution in [-0.2, 0) is 23.7 Å². The molecule has 8 saturated carbocycles. The molecule has 0 heterocycles. The van der Waals surface area contributed by atoms with E-state index in [1.165, 1.54) is 123 Å². The first kappa shape index (κ1) is 111. The van der Waals surface area contributed by atoms with Crippen LogP contribution in [0.1, 0.15) is 364 Å². The van der Waals surface area contributed by atoms with Crippen LogP contribution < -0.4 is 28.4 Å². The monoisotopic (exact) mass is 1540 g/mol. The number of rotatable bonds is 33. The molecule has 8 aliphatic carbocycles. The van der Waals surface area contributed by atoms with Gasteiger partial charge in [-0.25, -0.2) is 0 Å². The summed E-state index contributed by atoms with van der Waals surface area (Å²) in [6, 6.07) is 37.9. The molecule has 638 valence electrons. The Bertz CT molecular complexity index is 3000. The summed E-state index contributed by atoms with van der Waals surface area (Å²) >= 11 is 0. The lowest BCUT2D eigenvalue weighted by molar-refractivity contribution is -0.190. The smallest absolute Gasteiger partial charge is 0.197 e. The van der Waals surface area contributed by atoms with Gasteiger partial charge in [0.25, 0.3) is 0 Å². The predicted octanol–water partition coefficient (Wildman–Crippen LogP) is 30.5. The highest BCUT2D eigenvalue weighted by molar-refractivity contribution is 5.44. The molecule has 110 heavy (non-hydrogen) atoms. The van der Waals surface area contributed by atoms with Crippen molar-refractivity contribution in [3.63, 3.8) is 0 Å². The van der Waals surface area contributed by atoms with E-state index < -0.39 is 0 Å². The SMILES string of the molecule is C.C.C.C.C.C.C.C.C.C.CCC(C)c1ccc(OC(C)OCC(C)C)cc1.CCC(C)c1ccc(OCOC23CC4CC(CC(C4)C2)C3)cc1.CCC(C)c1ccc(OCOCC23CC4CC(CC(C4)C2)C3)cc1.CCOC(C)Oc1ccc(C(C)CC)cc1C.CCOC(C)Oc1ccc(C(C)CC)cc1OC. The second-order valence-electron chi connectivity index (χ2n) is 31.4. The maximum atomic E-state index is 6.32. The predicted molar refractivity (Wildman–Crippen MR) is 478 cm³/mol. The van der Waals surface area contributed by atoms with Crippen molar-refractivity contribution in [3.8, 4) is 34.5 Å². The van der Waals surface area contributed by atoms with Gasteiger partial charge in [0.05, 0.1) is 25.9 Å². The van der Waals surface area contributed by atoms with E-state index in [0.29, 0.717) is 67.7 Å². The van der Waals surface area contributed by atoms with Crippen LogP contribution in [0.15, 0.2) is 109 Å². The number of methoxy groups -OCH3 is 1. The van der Waals surface area contributed by atoms with E-state index in [0.717, 1.165) is 102 Å². The van der Waals surface area contributed by atoms with Crippen LogP contribution in [0.2, 0.25) is 0 Å². The number of hydrogen-bond donors (Lipinski definition) is 0. The Morgan fingerprint density at radius 2 is 0.682 bits per heavy atom. The zero-order valence-corrected chi connectivity index (χ0v) is 65.8. The van der Waals surface area contributed by atoms with Crippen LogP contribution in [0, 0.1) is 53.8 Å². The van der Waals surface area contributed by atoms with Crippen LogP contribution in [0.4, 0.5) is 0 Å². The van der Waals surface area contributed by atoms with E-state index in [9.17, 15) is 0 Å². The van der Waals surface area contributed by atoms with Crippen LogP contribution >= 0.6 is 0 Å². The summed E-state index contributed by atoms with van der Waals surface area (Å²) in [7, 11) is 1.66. The molecule has 0 amide bonds. The van der Waals surface area contributed by atoms with E-state index in [1.807, 2.05) is 65.0 Å². The molecule has 0 aromatic heterocycles. The molecule has 0 radical (unpaired) electrons.